The second kappa shape index (κ2) is 4.77. The lowest BCUT2D eigenvalue weighted by molar-refractivity contribution is 0.0920. The molecule has 0 spiro atoms. The maximum Gasteiger partial charge on any atom is 0.0895 e. The average molecular weight is 174 g/mol. The molecule has 12 heavy (non-hydrogen) atoms. The molecule has 1 rings (SSSR count). The second-order valence-electron chi connectivity index (χ2n) is 3.51. The highest BCUT2D eigenvalue weighted by atomic mass is 16.3. The van der Waals surface area contributed by atoms with Crippen LogP contribution in [0.15, 0.2) is 0 Å². The number of nitrogens with two attached hydrogens (primary N) is 1. The van der Waals surface area contributed by atoms with E-state index in [2.05, 4.69) is 5.32 Å². The van der Waals surface area contributed by atoms with Gasteiger partial charge in [0.1, 0.15) is 0 Å². The molecule has 3 unspecified atom stereocenters. The van der Waals surface area contributed by atoms with Gasteiger partial charge in [-0.1, -0.05) is 0 Å². The zero-order chi connectivity index (χ0) is 8.97. The molecule has 5 N–H and O–H groups in total. The number of aliphatic hydroxyl groups excluding tert-OH is 2. The summed E-state index contributed by atoms with van der Waals surface area (Å²) in [5.74, 6) is 0. The molecule has 0 bridgehead atoms. The van der Waals surface area contributed by atoms with Crippen molar-refractivity contribution in [3.05, 3.63) is 0 Å². The van der Waals surface area contributed by atoms with Gasteiger partial charge in [-0.2, -0.15) is 0 Å². The first-order valence-electron chi connectivity index (χ1n) is 4.50. The smallest absolute Gasteiger partial charge is 0.0895 e. The van der Waals surface area contributed by atoms with Crippen molar-refractivity contribution in [2.24, 2.45) is 5.73 Å². The molecule has 0 saturated heterocycles. The summed E-state index contributed by atoms with van der Waals surface area (Å²) in [6.45, 7) is 0.291. The summed E-state index contributed by atoms with van der Waals surface area (Å²) >= 11 is 0. The van der Waals surface area contributed by atoms with E-state index in [1.165, 1.54) is 0 Å². The first kappa shape index (κ1) is 9.92. The number of nitrogens with one attached hydrogen (secondary N) is 1. The van der Waals surface area contributed by atoms with Gasteiger partial charge in [0.25, 0.3) is 0 Å². The van der Waals surface area contributed by atoms with E-state index in [9.17, 15) is 0 Å². The van der Waals surface area contributed by atoms with Crippen molar-refractivity contribution in [3.63, 3.8) is 0 Å². The molecule has 0 heterocycles. The lowest BCUT2D eigenvalue weighted by Gasteiger charge is -2.14. The minimum absolute atomic E-state index is 0.175. The zero-order valence-corrected chi connectivity index (χ0v) is 7.24. The van der Waals surface area contributed by atoms with E-state index in [4.69, 9.17) is 15.9 Å². The number of rotatable bonds is 4. The zero-order valence-electron chi connectivity index (χ0n) is 7.24. The van der Waals surface area contributed by atoms with Crippen LogP contribution in [0, 0.1) is 0 Å². The van der Waals surface area contributed by atoms with Crippen molar-refractivity contribution in [3.8, 4) is 0 Å². The van der Waals surface area contributed by atoms with Crippen LogP contribution in [-0.2, 0) is 0 Å². The van der Waals surface area contributed by atoms with Gasteiger partial charge in [-0.3, -0.25) is 0 Å². The van der Waals surface area contributed by atoms with Gasteiger partial charge in [0.15, 0.2) is 0 Å². The van der Waals surface area contributed by atoms with Crippen molar-refractivity contribution in [2.45, 2.75) is 37.5 Å². The van der Waals surface area contributed by atoms with Crippen LogP contribution in [-0.4, -0.2) is 41.6 Å². The first-order valence-corrected chi connectivity index (χ1v) is 4.50. The fourth-order valence-corrected chi connectivity index (χ4v) is 1.57. The maximum atomic E-state index is 9.04. The fourth-order valence-electron chi connectivity index (χ4n) is 1.57. The monoisotopic (exact) mass is 174 g/mol. The van der Waals surface area contributed by atoms with E-state index < -0.39 is 6.10 Å². The predicted octanol–water partition coefficient (Wildman–Crippen LogP) is -1.19. The Balaban J connectivity index is 2.07. The minimum Gasteiger partial charge on any atom is -0.394 e. The third-order valence-corrected chi connectivity index (χ3v) is 2.33. The minimum atomic E-state index is -0.637. The Morgan fingerprint density at radius 2 is 2.25 bits per heavy atom. The van der Waals surface area contributed by atoms with Crippen molar-refractivity contribution < 1.29 is 10.2 Å². The topological polar surface area (TPSA) is 78.5 Å². The van der Waals surface area contributed by atoms with Gasteiger partial charge in [0, 0.05) is 18.6 Å². The van der Waals surface area contributed by atoms with Crippen molar-refractivity contribution in [2.75, 3.05) is 13.2 Å². The lowest BCUT2D eigenvalue weighted by Crippen LogP contribution is -2.36. The van der Waals surface area contributed by atoms with Crippen LogP contribution in [0.25, 0.3) is 0 Å². The quantitative estimate of drug-likeness (QED) is 0.432. The van der Waals surface area contributed by atoms with Gasteiger partial charge < -0.3 is 21.3 Å². The van der Waals surface area contributed by atoms with Gasteiger partial charge >= 0.3 is 0 Å². The molecule has 1 aliphatic carbocycles. The summed E-state index contributed by atoms with van der Waals surface area (Å²) < 4.78 is 0. The standard InChI is InChI=1S/C8H18N2O2/c9-6-1-2-7(3-6)10-4-8(12)5-11/h6-8,10-12H,1-5,9H2. The van der Waals surface area contributed by atoms with E-state index in [1.54, 1.807) is 0 Å². The Bertz CT molecular complexity index is 132. The summed E-state index contributed by atoms with van der Waals surface area (Å²) in [6, 6.07) is 0.745. The van der Waals surface area contributed by atoms with Crippen LogP contribution in [0.3, 0.4) is 0 Å². The predicted molar refractivity (Wildman–Crippen MR) is 46.7 cm³/mol. The third-order valence-electron chi connectivity index (χ3n) is 2.33. The van der Waals surface area contributed by atoms with Crippen molar-refractivity contribution in [1.29, 1.82) is 0 Å². The molecule has 4 nitrogen and oxygen atoms in total. The largest absolute Gasteiger partial charge is 0.394 e. The highest BCUT2D eigenvalue weighted by Crippen LogP contribution is 2.16. The molecule has 0 aromatic carbocycles. The van der Waals surface area contributed by atoms with Crippen LogP contribution in [0.2, 0.25) is 0 Å². The number of aliphatic hydroxyl groups is 2. The van der Waals surface area contributed by atoms with Crippen LogP contribution < -0.4 is 11.1 Å². The summed E-state index contributed by atoms with van der Waals surface area (Å²) in [5.41, 5.74) is 5.71. The second-order valence-corrected chi connectivity index (χ2v) is 3.51. The Morgan fingerprint density at radius 3 is 2.75 bits per heavy atom. The van der Waals surface area contributed by atoms with Crippen LogP contribution in [0.4, 0.5) is 0 Å². The van der Waals surface area contributed by atoms with Crippen molar-refractivity contribution in [1.82, 2.24) is 5.32 Å². The highest BCUT2D eigenvalue weighted by Gasteiger charge is 2.21. The van der Waals surface area contributed by atoms with E-state index in [-0.39, 0.29) is 6.61 Å². The molecule has 1 aliphatic rings. The number of hydrogen-bond donors (Lipinski definition) is 4. The molecule has 0 radical (unpaired) electrons. The molecule has 3 atom stereocenters. The molecular formula is C8H18N2O2. The summed E-state index contributed by atoms with van der Waals surface area (Å²) in [7, 11) is 0. The van der Waals surface area contributed by atoms with Gasteiger partial charge in [-0.05, 0) is 19.3 Å². The Morgan fingerprint density at radius 1 is 1.50 bits per heavy atom. The fraction of sp³-hybridized carbons (Fsp3) is 1.00. The molecule has 0 aromatic heterocycles. The van der Waals surface area contributed by atoms with E-state index in [0.29, 0.717) is 18.6 Å². The summed E-state index contributed by atoms with van der Waals surface area (Å²) in [4.78, 5) is 0. The Labute approximate surface area is 72.8 Å². The van der Waals surface area contributed by atoms with Gasteiger partial charge in [0.05, 0.1) is 12.7 Å². The number of hydrogen-bond acceptors (Lipinski definition) is 4. The van der Waals surface area contributed by atoms with Gasteiger partial charge in [-0.15, -0.1) is 0 Å². The van der Waals surface area contributed by atoms with Crippen LogP contribution in [0.1, 0.15) is 19.3 Å². The highest BCUT2D eigenvalue weighted by molar-refractivity contribution is 4.83. The molecule has 1 fully saturated rings. The lowest BCUT2D eigenvalue weighted by atomic mass is 10.2. The SMILES string of the molecule is NC1CCC(NCC(O)CO)C1. The van der Waals surface area contributed by atoms with Gasteiger partial charge in [-0.25, -0.2) is 0 Å². The molecule has 4 heteroatoms. The third kappa shape index (κ3) is 3.06. The Hall–Kier alpha value is -0.160. The van der Waals surface area contributed by atoms with Crippen LogP contribution in [0.5, 0.6) is 0 Å². The molecule has 1 saturated carbocycles. The molecule has 0 aromatic rings. The van der Waals surface area contributed by atoms with Crippen LogP contribution >= 0.6 is 0 Å². The molecule has 0 amide bonds. The van der Waals surface area contributed by atoms with E-state index in [1.807, 2.05) is 0 Å². The van der Waals surface area contributed by atoms with Crippen molar-refractivity contribution >= 4 is 0 Å². The normalized spacial score (nSPS) is 32.2. The molecule has 0 aliphatic heterocycles. The Kier molecular flexibility index (Phi) is 3.94. The summed E-state index contributed by atoms with van der Waals surface area (Å²) in [5, 5.41) is 20.8. The van der Waals surface area contributed by atoms with Gasteiger partial charge in [0.2, 0.25) is 0 Å². The average Bonchev–Trinajstić information content (AvgIpc) is 2.47. The first-order chi connectivity index (χ1) is 5.72. The molecular weight excluding hydrogens is 156 g/mol. The maximum absolute atomic E-state index is 9.04. The molecule has 72 valence electrons. The summed E-state index contributed by atoms with van der Waals surface area (Å²) in [6.07, 6.45) is 2.49. The van der Waals surface area contributed by atoms with E-state index in [0.717, 1.165) is 19.3 Å². The van der Waals surface area contributed by atoms with E-state index >= 15 is 0 Å².